The van der Waals surface area contributed by atoms with Crippen LogP contribution in [0.4, 0.5) is 0 Å². The third-order valence-electron chi connectivity index (χ3n) is 3.51. The van der Waals surface area contributed by atoms with E-state index in [4.69, 9.17) is 9.47 Å². The zero-order valence-electron chi connectivity index (χ0n) is 14.4. The number of benzene rings is 2. The summed E-state index contributed by atoms with van der Waals surface area (Å²) in [6, 6.07) is 18.0. The molecule has 124 valence electrons. The first-order valence-corrected chi connectivity index (χ1v) is 8.28. The molecule has 24 heavy (non-hydrogen) atoms. The summed E-state index contributed by atoms with van der Waals surface area (Å²) in [6.07, 6.45) is 4.30. The van der Waals surface area contributed by atoms with Crippen molar-refractivity contribution in [2.75, 3.05) is 13.7 Å². The molecule has 0 aliphatic rings. The Morgan fingerprint density at radius 2 is 1.79 bits per heavy atom. The Hall–Kier alpha value is -2.50. The van der Waals surface area contributed by atoms with Gasteiger partial charge in [0.15, 0.2) is 0 Å². The number of rotatable bonds is 7. The SMILES string of the molecule is CCC/C=C(/C#Cc1ccccc1)COCc1ccc(OC)cc1. The minimum Gasteiger partial charge on any atom is -0.497 e. The fourth-order valence-electron chi connectivity index (χ4n) is 2.14. The normalized spacial score (nSPS) is 10.8. The van der Waals surface area contributed by atoms with E-state index < -0.39 is 0 Å². The van der Waals surface area contributed by atoms with Crippen molar-refractivity contribution in [1.29, 1.82) is 0 Å². The van der Waals surface area contributed by atoms with Crippen LogP contribution < -0.4 is 4.74 Å². The van der Waals surface area contributed by atoms with Gasteiger partial charge < -0.3 is 9.47 Å². The molecule has 0 fully saturated rings. The zero-order valence-corrected chi connectivity index (χ0v) is 14.4. The fraction of sp³-hybridized carbons (Fsp3) is 0.273. The summed E-state index contributed by atoms with van der Waals surface area (Å²) in [7, 11) is 1.67. The van der Waals surface area contributed by atoms with E-state index in [0.29, 0.717) is 13.2 Å². The maximum absolute atomic E-state index is 5.83. The molecule has 0 saturated heterocycles. The van der Waals surface area contributed by atoms with Gasteiger partial charge in [-0.15, -0.1) is 0 Å². The van der Waals surface area contributed by atoms with Crippen LogP contribution in [0.2, 0.25) is 0 Å². The van der Waals surface area contributed by atoms with Gasteiger partial charge in [-0.1, -0.05) is 61.6 Å². The third-order valence-corrected chi connectivity index (χ3v) is 3.51. The molecule has 2 heteroatoms. The number of unbranched alkanes of at least 4 members (excludes halogenated alkanes) is 1. The summed E-state index contributed by atoms with van der Waals surface area (Å²) in [5, 5.41) is 0. The van der Waals surface area contributed by atoms with Crippen LogP contribution in [0.3, 0.4) is 0 Å². The fourth-order valence-corrected chi connectivity index (χ4v) is 2.14. The van der Waals surface area contributed by atoms with Gasteiger partial charge in [0.05, 0.1) is 20.3 Å². The van der Waals surface area contributed by atoms with Gasteiger partial charge in [-0.3, -0.25) is 0 Å². The lowest BCUT2D eigenvalue weighted by Crippen LogP contribution is -1.98. The second-order valence-electron chi connectivity index (χ2n) is 5.47. The Balaban J connectivity index is 1.92. The van der Waals surface area contributed by atoms with Crippen LogP contribution in [0.25, 0.3) is 0 Å². The van der Waals surface area contributed by atoms with Crippen molar-refractivity contribution in [2.24, 2.45) is 0 Å². The Morgan fingerprint density at radius 1 is 1.04 bits per heavy atom. The van der Waals surface area contributed by atoms with Crippen molar-refractivity contribution in [2.45, 2.75) is 26.4 Å². The summed E-state index contributed by atoms with van der Waals surface area (Å²) in [6.45, 7) is 3.27. The predicted molar refractivity (Wildman–Crippen MR) is 99.0 cm³/mol. The van der Waals surface area contributed by atoms with E-state index in [2.05, 4.69) is 24.8 Å². The lowest BCUT2D eigenvalue weighted by Gasteiger charge is -2.06. The van der Waals surface area contributed by atoms with E-state index in [-0.39, 0.29) is 0 Å². The van der Waals surface area contributed by atoms with Crippen LogP contribution in [0.5, 0.6) is 5.75 Å². The van der Waals surface area contributed by atoms with Gasteiger partial charge in [0.25, 0.3) is 0 Å². The third kappa shape index (κ3) is 6.32. The monoisotopic (exact) mass is 320 g/mol. The molecule has 2 nitrogen and oxygen atoms in total. The highest BCUT2D eigenvalue weighted by atomic mass is 16.5. The van der Waals surface area contributed by atoms with E-state index in [1.165, 1.54) is 0 Å². The van der Waals surface area contributed by atoms with Crippen LogP contribution in [0.15, 0.2) is 66.2 Å². The molecule has 0 spiro atoms. The number of hydrogen-bond donors (Lipinski definition) is 0. The number of hydrogen-bond acceptors (Lipinski definition) is 2. The molecule has 0 amide bonds. The Bertz CT molecular complexity index is 688. The van der Waals surface area contributed by atoms with Gasteiger partial charge in [-0.05, 0) is 36.2 Å². The molecule has 0 radical (unpaired) electrons. The lowest BCUT2D eigenvalue weighted by molar-refractivity contribution is 0.144. The van der Waals surface area contributed by atoms with Crippen LogP contribution >= 0.6 is 0 Å². The molecule has 0 bridgehead atoms. The average Bonchev–Trinajstić information content (AvgIpc) is 2.65. The van der Waals surface area contributed by atoms with E-state index in [0.717, 1.165) is 35.3 Å². The van der Waals surface area contributed by atoms with E-state index >= 15 is 0 Å². The second-order valence-corrected chi connectivity index (χ2v) is 5.47. The Kier molecular flexibility index (Phi) is 7.67. The lowest BCUT2D eigenvalue weighted by atomic mass is 10.1. The minimum absolute atomic E-state index is 0.534. The molecule has 0 unspecified atom stereocenters. The Morgan fingerprint density at radius 3 is 2.46 bits per heavy atom. The zero-order chi connectivity index (χ0) is 17.0. The number of allylic oxidation sites excluding steroid dienone is 1. The first kappa shape index (κ1) is 17.8. The number of ether oxygens (including phenoxy) is 2. The molecule has 0 heterocycles. The summed E-state index contributed by atoms with van der Waals surface area (Å²) >= 11 is 0. The molecule has 0 aliphatic heterocycles. The molecule has 0 aliphatic carbocycles. The van der Waals surface area contributed by atoms with E-state index in [9.17, 15) is 0 Å². The van der Waals surface area contributed by atoms with Crippen molar-refractivity contribution in [3.63, 3.8) is 0 Å². The van der Waals surface area contributed by atoms with Crippen molar-refractivity contribution in [1.82, 2.24) is 0 Å². The Labute approximate surface area is 145 Å². The molecule has 0 N–H and O–H groups in total. The highest BCUT2D eigenvalue weighted by Gasteiger charge is 1.98. The van der Waals surface area contributed by atoms with Crippen LogP contribution in [0.1, 0.15) is 30.9 Å². The van der Waals surface area contributed by atoms with Gasteiger partial charge in [-0.2, -0.15) is 0 Å². The van der Waals surface area contributed by atoms with Gasteiger partial charge in [0, 0.05) is 11.1 Å². The molecule has 0 atom stereocenters. The molecule has 0 aromatic heterocycles. The van der Waals surface area contributed by atoms with Gasteiger partial charge in [-0.25, -0.2) is 0 Å². The minimum atomic E-state index is 0.534. The van der Waals surface area contributed by atoms with Gasteiger partial charge >= 0.3 is 0 Å². The topological polar surface area (TPSA) is 18.5 Å². The van der Waals surface area contributed by atoms with Crippen LogP contribution in [-0.2, 0) is 11.3 Å². The molecular weight excluding hydrogens is 296 g/mol. The van der Waals surface area contributed by atoms with Crippen LogP contribution in [-0.4, -0.2) is 13.7 Å². The molecule has 2 aromatic carbocycles. The second kappa shape index (κ2) is 10.3. The van der Waals surface area contributed by atoms with Crippen LogP contribution in [0, 0.1) is 11.8 Å². The van der Waals surface area contributed by atoms with E-state index in [1.54, 1.807) is 7.11 Å². The predicted octanol–water partition coefficient (Wildman–Crippen LogP) is 4.99. The summed E-state index contributed by atoms with van der Waals surface area (Å²) in [4.78, 5) is 0. The van der Waals surface area contributed by atoms with Crippen molar-refractivity contribution < 1.29 is 9.47 Å². The summed E-state index contributed by atoms with van der Waals surface area (Å²) in [5.74, 6) is 7.30. The number of methoxy groups -OCH3 is 1. The van der Waals surface area contributed by atoms with Gasteiger partial charge in [0.2, 0.25) is 0 Å². The average molecular weight is 320 g/mol. The molecule has 2 aromatic rings. The largest absolute Gasteiger partial charge is 0.497 e. The standard InChI is InChI=1S/C22H24O2/c1-3-4-8-20(12-11-19-9-6-5-7-10-19)17-24-18-21-13-15-22(23-2)16-14-21/h5-10,13-16H,3-4,17-18H2,1-2H3/b20-8-. The highest BCUT2D eigenvalue weighted by molar-refractivity contribution is 5.40. The first-order valence-electron chi connectivity index (χ1n) is 8.28. The summed E-state index contributed by atoms with van der Waals surface area (Å²) in [5.41, 5.74) is 3.19. The van der Waals surface area contributed by atoms with E-state index in [1.807, 2.05) is 54.6 Å². The van der Waals surface area contributed by atoms with Crippen molar-refractivity contribution in [3.05, 3.63) is 77.4 Å². The quantitative estimate of drug-likeness (QED) is 0.669. The highest BCUT2D eigenvalue weighted by Crippen LogP contribution is 2.12. The summed E-state index contributed by atoms with van der Waals surface area (Å²) < 4.78 is 11.0. The van der Waals surface area contributed by atoms with Crippen molar-refractivity contribution in [3.8, 4) is 17.6 Å². The first-order chi connectivity index (χ1) is 11.8. The van der Waals surface area contributed by atoms with Gasteiger partial charge in [0.1, 0.15) is 5.75 Å². The maximum atomic E-state index is 5.83. The molecule has 0 saturated carbocycles. The smallest absolute Gasteiger partial charge is 0.118 e. The maximum Gasteiger partial charge on any atom is 0.118 e. The van der Waals surface area contributed by atoms with Crippen molar-refractivity contribution >= 4 is 0 Å². The molecular formula is C22H24O2. The molecule has 2 rings (SSSR count).